The fourth-order valence-electron chi connectivity index (χ4n) is 4.21. The molecule has 0 bridgehead atoms. The van der Waals surface area contributed by atoms with Crippen molar-refractivity contribution in [2.24, 2.45) is 17.6 Å². The Morgan fingerprint density at radius 2 is 2.08 bits per heavy atom. The fourth-order valence-corrected chi connectivity index (χ4v) is 4.21. The number of carbonyl (C=O) groups is 1. The van der Waals surface area contributed by atoms with Crippen molar-refractivity contribution in [3.05, 3.63) is 29.8 Å². The molecule has 5 heteroatoms. The Morgan fingerprint density at radius 1 is 1.29 bits per heavy atom. The lowest BCUT2D eigenvalue weighted by molar-refractivity contribution is -0.127. The number of nitrogens with one attached hydrogen (secondary N) is 2. The van der Waals surface area contributed by atoms with Gasteiger partial charge in [0.05, 0.1) is 7.11 Å². The molecule has 1 saturated carbocycles. The summed E-state index contributed by atoms with van der Waals surface area (Å²) in [6.45, 7) is 2.42. The Labute approximate surface area is 144 Å². The standard InChI is InChI=1S/C19H29N3O2/c1-24-15-7-5-13(6-8-15)16-9-10-21-12-18(16)22-19(23)17-4-2-3-14(17)11-20/h5-8,14,16-18,21H,2-4,9-12,20H2,1H3,(H,22,23)/t14-,16?,17-,18?/m1/s1. The molecule has 4 atom stereocenters. The number of benzene rings is 1. The van der Waals surface area contributed by atoms with Crippen LogP contribution >= 0.6 is 0 Å². The van der Waals surface area contributed by atoms with Crippen molar-refractivity contribution in [3.63, 3.8) is 0 Å². The third-order valence-electron chi connectivity index (χ3n) is 5.65. The van der Waals surface area contributed by atoms with E-state index < -0.39 is 0 Å². The maximum absolute atomic E-state index is 12.7. The van der Waals surface area contributed by atoms with Crippen LogP contribution in [0.5, 0.6) is 5.75 Å². The molecule has 5 nitrogen and oxygen atoms in total. The zero-order valence-corrected chi connectivity index (χ0v) is 14.5. The van der Waals surface area contributed by atoms with Gasteiger partial charge in [-0.05, 0) is 56.0 Å². The van der Waals surface area contributed by atoms with E-state index in [9.17, 15) is 4.79 Å². The lowest BCUT2D eigenvalue weighted by Gasteiger charge is -2.34. The van der Waals surface area contributed by atoms with Gasteiger partial charge in [0.1, 0.15) is 5.75 Å². The highest BCUT2D eigenvalue weighted by molar-refractivity contribution is 5.79. The molecule has 132 valence electrons. The minimum absolute atomic E-state index is 0.0912. The number of hydrogen-bond acceptors (Lipinski definition) is 4. The first kappa shape index (κ1) is 17.2. The van der Waals surface area contributed by atoms with Crippen LogP contribution in [0.15, 0.2) is 24.3 Å². The molecule has 24 heavy (non-hydrogen) atoms. The maximum Gasteiger partial charge on any atom is 0.223 e. The Balaban J connectivity index is 1.68. The summed E-state index contributed by atoms with van der Waals surface area (Å²) in [6, 6.07) is 8.37. The van der Waals surface area contributed by atoms with E-state index in [1.165, 1.54) is 5.56 Å². The molecule has 4 N–H and O–H groups in total. The first-order chi connectivity index (χ1) is 11.7. The van der Waals surface area contributed by atoms with Crippen LogP contribution in [0.3, 0.4) is 0 Å². The molecule has 1 heterocycles. The van der Waals surface area contributed by atoms with Crippen LogP contribution in [-0.2, 0) is 4.79 Å². The Kier molecular flexibility index (Phi) is 5.74. The van der Waals surface area contributed by atoms with Crippen LogP contribution in [-0.4, -0.2) is 38.7 Å². The molecule has 1 aliphatic carbocycles. The van der Waals surface area contributed by atoms with Gasteiger partial charge >= 0.3 is 0 Å². The minimum Gasteiger partial charge on any atom is -0.497 e. The van der Waals surface area contributed by atoms with Crippen molar-refractivity contribution in [2.45, 2.75) is 37.6 Å². The summed E-state index contributed by atoms with van der Waals surface area (Å²) in [4.78, 5) is 12.7. The fraction of sp³-hybridized carbons (Fsp3) is 0.632. The van der Waals surface area contributed by atoms with Crippen LogP contribution in [0, 0.1) is 11.8 Å². The van der Waals surface area contributed by atoms with Gasteiger partial charge in [-0.1, -0.05) is 18.6 Å². The minimum atomic E-state index is 0.0912. The van der Waals surface area contributed by atoms with Gasteiger partial charge in [0, 0.05) is 24.4 Å². The molecular weight excluding hydrogens is 302 g/mol. The highest BCUT2D eigenvalue weighted by atomic mass is 16.5. The molecular formula is C19H29N3O2. The van der Waals surface area contributed by atoms with Crippen LogP contribution in [0.1, 0.15) is 37.2 Å². The number of carbonyl (C=O) groups excluding carboxylic acids is 1. The summed E-state index contributed by atoms with van der Waals surface area (Å²) in [7, 11) is 1.68. The molecule has 3 rings (SSSR count). The van der Waals surface area contributed by atoms with Crippen molar-refractivity contribution < 1.29 is 9.53 Å². The number of hydrogen-bond donors (Lipinski definition) is 3. The number of ether oxygens (including phenoxy) is 1. The first-order valence-electron chi connectivity index (χ1n) is 9.08. The Hall–Kier alpha value is -1.59. The Bertz CT molecular complexity index is 546. The Morgan fingerprint density at radius 3 is 2.79 bits per heavy atom. The van der Waals surface area contributed by atoms with Crippen molar-refractivity contribution in [1.82, 2.24) is 10.6 Å². The van der Waals surface area contributed by atoms with E-state index in [0.29, 0.717) is 18.4 Å². The summed E-state index contributed by atoms with van der Waals surface area (Å²) in [5.74, 6) is 1.84. The molecule has 2 aliphatic rings. The van der Waals surface area contributed by atoms with E-state index >= 15 is 0 Å². The molecule has 1 saturated heterocycles. The van der Waals surface area contributed by atoms with Crippen molar-refractivity contribution in [1.29, 1.82) is 0 Å². The molecule has 0 radical (unpaired) electrons. The predicted molar refractivity (Wildman–Crippen MR) is 95.0 cm³/mol. The first-order valence-corrected chi connectivity index (χ1v) is 9.08. The third-order valence-corrected chi connectivity index (χ3v) is 5.65. The normalized spacial score (nSPS) is 30.1. The van der Waals surface area contributed by atoms with Gasteiger partial charge in [0.2, 0.25) is 5.91 Å². The number of rotatable bonds is 5. The summed E-state index contributed by atoms with van der Waals surface area (Å²) in [5.41, 5.74) is 7.10. The molecule has 1 aliphatic heterocycles. The van der Waals surface area contributed by atoms with Crippen LogP contribution in [0.2, 0.25) is 0 Å². The average Bonchev–Trinajstić information content (AvgIpc) is 3.11. The number of amides is 1. The maximum atomic E-state index is 12.7. The zero-order chi connectivity index (χ0) is 16.9. The summed E-state index contributed by atoms with van der Waals surface area (Å²) >= 11 is 0. The van der Waals surface area contributed by atoms with Gasteiger partial charge in [-0.25, -0.2) is 0 Å². The highest BCUT2D eigenvalue weighted by Gasteiger charge is 2.35. The predicted octanol–water partition coefficient (Wildman–Crippen LogP) is 1.63. The van der Waals surface area contributed by atoms with Gasteiger partial charge < -0.3 is 21.1 Å². The second-order valence-electron chi connectivity index (χ2n) is 7.02. The van der Waals surface area contributed by atoms with Gasteiger partial charge in [-0.2, -0.15) is 0 Å². The summed E-state index contributed by atoms with van der Waals surface area (Å²) in [6.07, 6.45) is 4.20. The molecule has 2 unspecified atom stereocenters. The van der Waals surface area contributed by atoms with Gasteiger partial charge in [0.15, 0.2) is 0 Å². The molecule has 0 spiro atoms. The number of nitrogens with two attached hydrogens (primary N) is 1. The van der Waals surface area contributed by atoms with E-state index in [-0.39, 0.29) is 17.9 Å². The van der Waals surface area contributed by atoms with Gasteiger partial charge in [0.25, 0.3) is 0 Å². The SMILES string of the molecule is COc1ccc(C2CCNCC2NC(=O)[C@@H]2CCC[C@@H]2CN)cc1. The monoisotopic (exact) mass is 331 g/mol. The molecule has 2 fully saturated rings. The lowest BCUT2D eigenvalue weighted by atomic mass is 9.85. The van der Waals surface area contributed by atoms with Crippen molar-refractivity contribution in [2.75, 3.05) is 26.7 Å². The lowest BCUT2D eigenvalue weighted by Crippen LogP contribution is -2.52. The van der Waals surface area contributed by atoms with E-state index in [1.54, 1.807) is 7.11 Å². The van der Waals surface area contributed by atoms with Gasteiger partial charge in [-0.15, -0.1) is 0 Å². The molecule has 1 amide bonds. The smallest absolute Gasteiger partial charge is 0.223 e. The van der Waals surface area contributed by atoms with Gasteiger partial charge in [-0.3, -0.25) is 4.79 Å². The second kappa shape index (κ2) is 7.99. The van der Waals surface area contributed by atoms with Crippen LogP contribution < -0.4 is 21.1 Å². The van der Waals surface area contributed by atoms with E-state index in [4.69, 9.17) is 10.5 Å². The van der Waals surface area contributed by atoms with Crippen LogP contribution in [0.25, 0.3) is 0 Å². The van der Waals surface area contributed by atoms with Crippen LogP contribution in [0.4, 0.5) is 0 Å². The molecule has 1 aromatic rings. The summed E-state index contributed by atoms with van der Waals surface area (Å²) < 4.78 is 5.25. The number of methoxy groups -OCH3 is 1. The van der Waals surface area contributed by atoms with Crippen molar-refractivity contribution >= 4 is 5.91 Å². The third kappa shape index (κ3) is 3.73. The van der Waals surface area contributed by atoms with E-state index in [2.05, 4.69) is 22.8 Å². The van der Waals surface area contributed by atoms with E-state index in [0.717, 1.165) is 44.5 Å². The quantitative estimate of drug-likeness (QED) is 0.766. The topological polar surface area (TPSA) is 76.4 Å². The zero-order valence-electron chi connectivity index (χ0n) is 14.5. The largest absolute Gasteiger partial charge is 0.497 e. The van der Waals surface area contributed by atoms with Crippen molar-refractivity contribution in [3.8, 4) is 5.75 Å². The number of piperidine rings is 1. The van der Waals surface area contributed by atoms with E-state index in [1.807, 2.05) is 12.1 Å². The summed E-state index contributed by atoms with van der Waals surface area (Å²) in [5, 5.41) is 6.73. The second-order valence-corrected chi connectivity index (χ2v) is 7.02. The average molecular weight is 331 g/mol. The molecule has 0 aromatic heterocycles. The molecule has 1 aromatic carbocycles. The highest BCUT2D eigenvalue weighted by Crippen LogP contribution is 2.32.